The van der Waals surface area contributed by atoms with Gasteiger partial charge < -0.3 is 10.6 Å². The normalized spacial score (nSPS) is 9.17. The Kier molecular flexibility index (Phi) is 6.15. The Labute approximate surface area is 74.2 Å². The molecule has 2 N–H and O–H groups in total. The first-order valence-electron chi connectivity index (χ1n) is 4.37. The van der Waals surface area contributed by atoms with Crippen LogP contribution < -0.4 is 10.6 Å². The second-order valence-corrected chi connectivity index (χ2v) is 2.87. The van der Waals surface area contributed by atoms with Crippen molar-refractivity contribution in [1.29, 1.82) is 0 Å². The maximum Gasteiger partial charge on any atom is 0.318 e. The van der Waals surface area contributed by atoms with E-state index in [9.17, 15) is 4.79 Å². The van der Waals surface area contributed by atoms with E-state index in [1.807, 2.05) is 0 Å². The minimum absolute atomic E-state index is 0.154. The molecule has 3 nitrogen and oxygen atoms in total. The summed E-state index contributed by atoms with van der Waals surface area (Å²) in [5.41, 5.74) is 0.669. The number of nitrogens with one attached hydrogen (secondary N) is 2. The number of allylic oxidation sites excluding steroid dienone is 1. The number of urea groups is 1. The zero-order valence-corrected chi connectivity index (χ0v) is 7.94. The van der Waals surface area contributed by atoms with E-state index in [1.165, 1.54) is 6.42 Å². The van der Waals surface area contributed by atoms with Crippen molar-refractivity contribution in [2.75, 3.05) is 6.54 Å². The Morgan fingerprint density at radius 2 is 2.08 bits per heavy atom. The summed E-state index contributed by atoms with van der Waals surface area (Å²) < 4.78 is 0. The van der Waals surface area contributed by atoms with Gasteiger partial charge >= 0.3 is 6.03 Å². The highest BCUT2D eigenvalue weighted by atomic mass is 16.2. The summed E-state index contributed by atoms with van der Waals surface area (Å²) in [4.78, 5) is 10.9. The Hall–Kier alpha value is -0.990. The molecule has 0 unspecified atom stereocenters. The third-order valence-electron chi connectivity index (χ3n) is 1.39. The smallest absolute Gasteiger partial charge is 0.318 e. The van der Waals surface area contributed by atoms with Gasteiger partial charge in [-0.25, -0.2) is 4.79 Å². The minimum atomic E-state index is -0.154. The Morgan fingerprint density at radius 1 is 1.42 bits per heavy atom. The average Bonchev–Trinajstić information content (AvgIpc) is 1.97. The van der Waals surface area contributed by atoms with Crippen molar-refractivity contribution in [3.8, 4) is 0 Å². The molecule has 0 rings (SSSR count). The van der Waals surface area contributed by atoms with Gasteiger partial charge in [0.15, 0.2) is 0 Å². The molecular formula is C9H18N2O. The van der Waals surface area contributed by atoms with Crippen LogP contribution in [-0.2, 0) is 0 Å². The predicted molar refractivity (Wildman–Crippen MR) is 50.9 cm³/mol. The van der Waals surface area contributed by atoms with Crippen molar-refractivity contribution in [2.24, 2.45) is 0 Å². The molecule has 12 heavy (non-hydrogen) atoms. The molecule has 0 bridgehead atoms. The van der Waals surface area contributed by atoms with Crippen LogP contribution in [0.25, 0.3) is 0 Å². The van der Waals surface area contributed by atoms with E-state index >= 15 is 0 Å². The molecule has 0 spiro atoms. The monoisotopic (exact) mass is 170 g/mol. The largest absolute Gasteiger partial charge is 0.338 e. The van der Waals surface area contributed by atoms with Crippen LogP contribution in [0.5, 0.6) is 0 Å². The van der Waals surface area contributed by atoms with E-state index in [0.717, 1.165) is 19.4 Å². The zero-order chi connectivity index (χ0) is 9.40. The second-order valence-electron chi connectivity index (χ2n) is 2.87. The van der Waals surface area contributed by atoms with Crippen molar-refractivity contribution in [3.05, 3.63) is 12.3 Å². The summed E-state index contributed by atoms with van der Waals surface area (Å²) in [6.45, 7) is 8.20. The maximum atomic E-state index is 10.9. The van der Waals surface area contributed by atoms with Crippen LogP contribution in [0.1, 0.15) is 33.1 Å². The molecule has 70 valence electrons. The molecule has 3 heteroatoms. The lowest BCUT2D eigenvalue weighted by molar-refractivity contribution is 0.243. The molecule has 0 aromatic carbocycles. The lowest BCUT2D eigenvalue weighted by atomic mass is 10.2. The fourth-order valence-corrected chi connectivity index (χ4v) is 0.815. The second kappa shape index (κ2) is 6.70. The molecule has 2 amide bonds. The fraction of sp³-hybridized carbons (Fsp3) is 0.667. The van der Waals surface area contributed by atoms with E-state index in [4.69, 9.17) is 0 Å². The fourth-order valence-electron chi connectivity index (χ4n) is 0.815. The summed E-state index contributed by atoms with van der Waals surface area (Å²) >= 11 is 0. The van der Waals surface area contributed by atoms with Crippen LogP contribution in [0.3, 0.4) is 0 Å². The lowest BCUT2D eigenvalue weighted by Crippen LogP contribution is -2.34. The molecule has 0 aliphatic heterocycles. The first-order chi connectivity index (χ1) is 5.66. The summed E-state index contributed by atoms with van der Waals surface area (Å²) in [5.74, 6) is 0. The Balaban J connectivity index is 3.26. The molecule has 0 heterocycles. The van der Waals surface area contributed by atoms with Crippen molar-refractivity contribution in [1.82, 2.24) is 10.6 Å². The van der Waals surface area contributed by atoms with Gasteiger partial charge in [-0.15, -0.1) is 0 Å². The molecule has 0 radical (unpaired) electrons. The van der Waals surface area contributed by atoms with Crippen LogP contribution in [0, 0.1) is 0 Å². The predicted octanol–water partition coefficient (Wildman–Crippen LogP) is 2.01. The van der Waals surface area contributed by atoms with E-state index in [2.05, 4.69) is 24.1 Å². The van der Waals surface area contributed by atoms with Crippen LogP contribution in [0.2, 0.25) is 0 Å². The SMILES string of the molecule is C=C(C)NC(=O)NCCCCC. The van der Waals surface area contributed by atoms with Crippen molar-refractivity contribution < 1.29 is 4.79 Å². The molecule has 0 aromatic heterocycles. The third kappa shape index (κ3) is 7.12. The third-order valence-corrected chi connectivity index (χ3v) is 1.39. The van der Waals surface area contributed by atoms with Crippen LogP contribution in [0.15, 0.2) is 12.3 Å². The molecule has 0 aliphatic rings. The van der Waals surface area contributed by atoms with Gasteiger partial charge in [0, 0.05) is 12.2 Å². The van der Waals surface area contributed by atoms with Gasteiger partial charge in [0.05, 0.1) is 0 Å². The summed E-state index contributed by atoms with van der Waals surface area (Å²) in [6.07, 6.45) is 3.37. The van der Waals surface area contributed by atoms with Crippen molar-refractivity contribution >= 4 is 6.03 Å². The number of rotatable bonds is 5. The number of hydrogen-bond donors (Lipinski definition) is 2. The van der Waals surface area contributed by atoms with E-state index < -0.39 is 0 Å². The Bertz CT molecular complexity index is 155. The molecule has 0 atom stereocenters. The standard InChI is InChI=1S/C9H18N2O/c1-4-5-6-7-10-9(12)11-8(2)3/h2,4-7H2,1,3H3,(H2,10,11,12). The number of amides is 2. The average molecular weight is 170 g/mol. The lowest BCUT2D eigenvalue weighted by Gasteiger charge is -2.05. The van der Waals surface area contributed by atoms with Gasteiger partial charge in [-0.3, -0.25) is 0 Å². The molecule has 0 fully saturated rings. The summed E-state index contributed by atoms with van der Waals surface area (Å²) in [7, 11) is 0. The van der Waals surface area contributed by atoms with Crippen LogP contribution in [0.4, 0.5) is 4.79 Å². The highest BCUT2D eigenvalue weighted by Crippen LogP contribution is 1.90. The molecular weight excluding hydrogens is 152 g/mol. The quantitative estimate of drug-likeness (QED) is 0.609. The number of hydrogen-bond acceptors (Lipinski definition) is 1. The summed E-state index contributed by atoms with van der Waals surface area (Å²) in [6, 6.07) is -0.154. The van der Waals surface area contributed by atoms with Crippen molar-refractivity contribution in [2.45, 2.75) is 33.1 Å². The number of carbonyl (C=O) groups is 1. The summed E-state index contributed by atoms with van der Waals surface area (Å²) in [5, 5.41) is 5.31. The Morgan fingerprint density at radius 3 is 2.58 bits per heavy atom. The first kappa shape index (κ1) is 11.0. The molecule has 0 saturated carbocycles. The molecule has 0 aromatic rings. The van der Waals surface area contributed by atoms with Crippen LogP contribution in [-0.4, -0.2) is 12.6 Å². The minimum Gasteiger partial charge on any atom is -0.338 e. The number of unbranched alkanes of at least 4 members (excludes halogenated alkanes) is 2. The van der Waals surface area contributed by atoms with Gasteiger partial charge in [0.2, 0.25) is 0 Å². The highest BCUT2D eigenvalue weighted by molar-refractivity contribution is 5.75. The van der Waals surface area contributed by atoms with Gasteiger partial charge in [0.25, 0.3) is 0 Å². The number of carbonyl (C=O) groups excluding carboxylic acids is 1. The maximum absolute atomic E-state index is 10.9. The highest BCUT2D eigenvalue weighted by Gasteiger charge is 1.96. The first-order valence-corrected chi connectivity index (χ1v) is 4.37. The van der Waals surface area contributed by atoms with Gasteiger partial charge in [-0.05, 0) is 13.3 Å². The topological polar surface area (TPSA) is 41.1 Å². The van der Waals surface area contributed by atoms with Crippen LogP contribution >= 0.6 is 0 Å². The van der Waals surface area contributed by atoms with E-state index in [-0.39, 0.29) is 6.03 Å². The van der Waals surface area contributed by atoms with Gasteiger partial charge in [-0.2, -0.15) is 0 Å². The van der Waals surface area contributed by atoms with E-state index in [1.54, 1.807) is 6.92 Å². The zero-order valence-electron chi connectivity index (χ0n) is 7.94. The van der Waals surface area contributed by atoms with Crippen molar-refractivity contribution in [3.63, 3.8) is 0 Å². The van der Waals surface area contributed by atoms with Gasteiger partial charge in [-0.1, -0.05) is 26.3 Å². The molecule has 0 aliphatic carbocycles. The molecule has 0 saturated heterocycles. The van der Waals surface area contributed by atoms with E-state index in [0.29, 0.717) is 5.70 Å². The van der Waals surface area contributed by atoms with Gasteiger partial charge in [0.1, 0.15) is 0 Å².